The van der Waals surface area contributed by atoms with Crippen LogP contribution in [0.3, 0.4) is 0 Å². The molecular formula is C23H21ClN2O2S. The van der Waals surface area contributed by atoms with Crippen molar-refractivity contribution >= 4 is 49.8 Å². The van der Waals surface area contributed by atoms with E-state index in [9.17, 15) is 9.90 Å². The van der Waals surface area contributed by atoms with Gasteiger partial charge in [0.1, 0.15) is 4.88 Å². The van der Waals surface area contributed by atoms with Gasteiger partial charge in [0, 0.05) is 38.8 Å². The van der Waals surface area contributed by atoms with Crippen LogP contribution in [0.15, 0.2) is 48.7 Å². The smallest absolute Gasteiger partial charge is 0.262 e. The van der Waals surface area contributed by atoms with Crippen molar-refractivity contribution in [3.05, 3.63) is 64.1 Å². The molecule has 29 heavy (non-hydrogen) atoms. The zero-order valence-corrected chi connectivity index (χ0v) is 17.8. The van der Waals surface area contributed by atoms with E-state index in [1.165, 1.54) is 16.9 Å². The van der Waals surface area contributed by atoms with Crippen LogP contribution in [0.25, 0.3) is 32.1 Å². The Morgan fingerprint density at radius 3 is 2.66 bits per heavy atom. The number of carbonyl (C=O) groups is 1. The molecule has 4 aromatic rings. The van der Waals surface area contributed by atoms with E-state index in [4.69, 9.17) is 11.6 Å². The van der Waals surface area contributed by atoms with Crippen molar-refractivity contribution in [2.45, 2.75) is 26.4 Å². The number of carbonyl (C=O) groups excluding carboxylic acids is 1. The Morgan fingerprint density at radius 2 is 1.97 bits per heavy atom. The Kier molecular flexibility index (Phi) is 5.54. The van der Waals surface area contributed by atoms with E-state index < -0.39 is 6.10 Å². The van der Waals surface area contributed by atoms with Gasteiger partial charge in [-0.3, -0.25) is 9.78 Å². The Morgan fingerprint density at radius 1 is 1.21 bits per heavy atom. The number of thiophene rings is 1. The summed E-state index contributed by atoms with van der Waals surface area (Å²) in [5, 5.41) is 14.9. The number of aromatic nitrogens is 1. The fraction of sp³-hybridized carbons (Fsp3) is 0.217. The van der Waals surface area contributed by atoms with Gasteiger partial charge in [0.05, 0.1) is 11.6 Å². The molecule has 1 atom stereocenters. The Balaban J connectivity index is 1.96. The molecule has 0 radical (unpaired) electrons. The van der Waals surface area contributed by atoms with Crippen LogP contribution in [0, 0.1) is 0 Å². The number of aryl methyl sites for hydroxylation is 1. The number of aliphatic hydroxyl groups excluding tert-OH is 1. The first-order valence-corrected chi connectivity index (χ1v) is 10.7. The van der Waals surface area contributed by atoms with Crippen LogP contribution in [0.1, 0.15) is 29.1 Å². The summed E-state index contributed by atoms with van der Waals surface area (Å²) in [5.74, 6) is -0.197. The number of hydrogen-bond acceptors (Lipinski definition) is 4. The molecule has 2 heterocycles. The van der Waals surface area contributed by atoms with Crippen LogP contribution >= 0.6 is 22.9 Å². The molecule has 0 spiro atoms. The lowest BCUT2D eigenvalue weighted by molar-refractivity contribution is 0.0928. The van der Waals surface area contributed by atoms with Crippen molar-refractivity contribution in [3.8, 4) is 11.1 Å². The molecule has 4 nitrogen and oxygen atoms in total. The molecule has 0 aliphatic heterocycles. The molecule has 6 heteroatoms. The number of benzene rings is 2. The SMILES string of the molecule is CCc1ccc(-c2c(C(=O)NC[C@@H](C)O)sc3c2cnc2ccc(Cl)cc23)cc1. The van der Waals surface area contributed by atoms with Crippen LogP contribution < -0.4 is 5.32 Å². The highest BCUT2D eigenvalue weighted by Gasteiger charge is 2.22. The molecule has 148 valence electrons. The Labute approximate surface area is 178 Å². The summed E-state index contributed by atoms with van der Waals surface area (Å²) in [5.41, 5.74) is 3.92. The maximum Gasteiger partial charge on any atom is 0.262 e. The summed E-state index contributed by atoms with van der Waals surface area (Å²) in [7, 11) is 0. The lowest BCUT2D eigenvalue weighted by Crippen LogP contribution is -2.30. The Hall–Kier alpha value is -2.47. The van der Waals surface area contributed by atoms with E-state index >= 15 is 0 Å². The van der Waals surface area contributed by atoms with Gasteiger partial charge in [0.25, 0.3) is 5.91 Å². The van der Waals surface area contributed by atoms with Crippen LogP contribution in [-0.4, -0.2) is 28.6 Å². The number of nitrogens with one attached hydrogen (secondary N) is 1. The molecule has 0 saturated heterocycles. The molecule has 0 bridgehead atoms. The quantitative estimate of drug-likeness (QED) is 0.448. The lowest BCUT2D eigenvalue weighted by atomic mass is 9.99. The van der Waals surface area contributed by atoms with Gasteiger partial charge in [-0.1, -0.05) is 42.8 Å². The third kappa shape index (κ3) is 3.86. The molecule has 0 aliphatic carbocycles. The van der Waals surface area contributed by atoms with Crippen molar-refractivity contribution in [2.75, 3.05) is 6.54 Å². The maximum absolute atomic E-state index is 13.0. The van der Waals surface area contributed by atoms with Crippen molar-refractivity contribution in [1.29, 1.82) is 0 Å². The second kappa shape index (κ2) is 8.11. The van der Waals surface area contributed by atoms with Gasteiger partial charge in [-0.15, -0.1) is 11.3 Å². The van der Waals surface area contributed by atoms with E-state index in [0.29, 0.717) is 9.90 Å². The zero-order valence-electron chi connectivity index (χ0n) is 16.2. The van der Waals surface area contributed by atoms with Crippen LogP contribution in [-0.2, 0) is 6.42 Å². The molecule has 0 unspecified atom stereocenters. The number of pyridine rings is 1. The van der Waals surface area contributed by atoms with Gasteiger partial charge in [-0.05, 0) is 42.7 Å². The molecule has 0 saturated carbocycles. The van der Waals surface area contributed by atoms with Crippen LogP contribution in [0.2, 0.25) is 5.02 Å². The molecule has 0 fully saturated rings. The van der Waals surface area contributed by atoms with E-state index in [2.05, 4.69) is 29.4 Å². The van der Waals surface area contributed by atoms with Crippen molar-refractivity contribution in [1.82, 2.24) is 10.3 Å². The number of fused-ring (bicyclic) bond motifs is 3. The van der Waals surface area contributed by atoms with E-state index in [-0.39, 0.29) is 12.5 Å². The summed E-state index contributed by atoms with van der Waals surface area (Å²) < 4.78 is 0.981. The minimum Gasteiger partial charge on any atom is -0.392 e. The standard InChI is InChI=1S/C23H21ClN2O2S/c1-3-14-4-6-15(7-5-14)20-18-12-25-19-9-8-16(24)10-17(19)21(18)29-22(20)23(28)26-11-13(2)27/h4-10,12-13,27H,3,11H2,1-2H3,(H,26,28)/t13-/m1/s1. The summed E-state index contributed by atoms with van der Waals surface area (Å²) in [4.78, 5) is 18.2. The first kappa shape index (κ1) is 19.8. The number of halogens is 1. The number of rotatable bonds is 5. The van der Waals surface area contributed by atoms with Gasteiger partial charge in [0.2, 0.25) is 0 Å². The van der Waals surface area contributed by atoms with Gasteiger partial charge < -0.3 is 10.4 Å². The van der Waals surface area contributed by atoms with Gasteiger partial charge in [-0.25, -0.2) is 0 Å². The third-order valence-electron chi connectivity index (χ3n) is 4.90. The molecule has 2 aromatic heterocycles. The summed E-state index contributed by atoms with van der Waals surface area (Å²) in [6.45, 7) is 3.96. The number of nitrogens with zero attached hydrogens (tertiary/aromatic N) is 1. The van der Waals surface area contributed by atoms with Gasteiger partial charge >= 0.3 is 0 Å². The molecule has 4 rings (SSSR count). The number of hydrogen-bond donors (Lipinski definition) is 2. The number of aliphatic hydroxyl groups is 1. The highest BCUT2D eigenvalue weighted by atomic mass is 35.5. The first-order chi connectivity index (χ1) is 14.0. The normalized spacial score (nSPS) is 12.4. The highest BCUT2D eigenvalue weighted by Crippen LogP contribution is 2.42. The summed E-state index contributed by atoms with van der Waals surface area (Å²) >= 11 is 7.67. The number of amides is 1. The van der Waals surface area contributed by atoms with Crippen LogP contribution in [0.5, 0.6) is 0 Å². The monoisotopic (exact) mass is 424 g/mol. The van der Waals surface area contributed by atoms with Crippen molar-refractivity contribution < 1.29 is 9.90 Å². The third-order valence-corrected chi connectivity index (χ3v) is 6.37. The Bertz CT molecular complexity index is 1200. The molecular weight excluding hydrogens is 404 g/mol. The summed E-state index contributed by atoms with van der Waals surface area (Å²) in [6.07, 6.45) is 2.18. The molecule has 1 amide bonds. The largest absolute Gasteiger partial charge is 0.392 e. The van der Waals surface area contributed by atoms with Gasteiger partial charge in [-0.2, -0.15) is 0 Å². The van der Waals surface area contributed by atoms with Crippen molar-refractivity contribution in [2.24, 2.45) is 0 Å². The fourth-order valence-electron chi connectivity index (χ4n) is 3.38. The fourth-order valence-corrected chi connectivity index (χ4v) is 4.79. The van der Waals surface area contributed by atoms with Crippen LogP contribution in [0.4, 0.5) is 0 Å². The molecule has 2 aromatic carbocycles. The second-order valence-corrected chi connectivity index (χ2v) is 8.54. The van der Waals surface area contributed by atoms with Crippen molar-refractivity contribution in [3.63, 3.8) is 0 Å². The minimum atomic E-state index is -0.609. The summed E-state index contributed by atoms with van der Waals surface area (Å²) in [6, 6.07) is 13.9. The average molecular weight is 425 g/mol. The first-order valence-electron chi connectivity index (χ1n) is 9.54. The maximum atomic E-state index is 13.0. The topological polar surface area (TPSA) is 62.2 Å². The predicted molar refractivity (Wildman–Crippen MR) is 121 cm³/mol. The molecule has 2 N–H and O–H groups in total. The molecule has 0 aliphatic rings. The van der Waals surface area contributed by atoms with Gasteiger partial charge in [0.15, 0.2) is 0 Å². The average Bonchev–Trinajstić information content (AvgIpc) is 3.12. The zero-order chi connectivity index (χ0) is 20.5. The predicted octanol–water partition coefficient (Wildman–Crippen LogP) is 5.44. The van der Waals surface area contributed by atoms with E-state index in [1.54, 1.807) is 6.92 Å². The van der Waals surface area contributed by atoms with E-state index in [1.807, 2.05) is 36.5 Å². The highest BCUT2D eigenvalue weighted by molar-refractivity contribution is 7.22. The minimum absolute atomic E-state index is 0.197. The lowest BCUT2D eigenvalue weighted by Gasteiger charge is -2.09. The van der Waals surface area contributed by atoms with E-state index in [0.717, 1.165) is 38.5 Å². The second-order valence-electron chi connectivity index (χ2n) is 7.08.